The van der Waals surface area contributed by atoms with Crippen LogP contribution in [-0.2, 0) is 0 Å². The Hall–Kier alpha value is -3.01. The number of nitrogens with zero attached hydrogens (tertiary/aromatic N) is 1. The molecule has 2 aromatic carbocycles. The van der Waals surface area contributed by atoms with E-state index in [9.17, 15) is 4.79 Å². The van der Waals surface area contributed by atoms with Crippen molar-refractivity contribution in [1.82, 2.24) is 5.06 Å². The first-order valence-electron chi connectivity index (χ1n) is 7.00. The monoisotopic (exact) mass is 292 g/mol. The molecular formula is C18H16N2O2. The highest BCUT2D eigenvalue weighted by atomic mass is 16.7. The van der Waals surface area contributed by atoms with Crippen molar-refractivity contribution in [2.45, 2.75) is 0 Å². The first-order valence-corrected chi connectivity index (χ1v) is 7.00. The summed E-state index contributed by atoms with van der Waals surface area (Å²) in [7, 11) is 0. The van der Waals surface area contributed by atoms with E-state index in [1.165, 1.54) is 0 Å². The van der Waals surface area contributed by atoms with Crippen molar-refractivity contribution in [2.24, 2.45) is 5.73 Å². The van der Waals surface area contributed by atoms with Crippen molar-refractivity contribution in [1.29, 1.82) is 0 Å². The Morgan fingerprint density at radius 2 is 1.68 bits per heavy atom. The Kier molecular flexibility index (Phi) is 3.92. The second-order valence-corrected chi connectivity index (χ2v) is 4.94. The maximum atomic E-state index is 12.3. The summed E-state index contributed by atoms with van der Waals surface area (Å²) in [6, 6.07) is 16.3. The number of nitrogens with two attached hydrogens (primary N) is 1. The third kappa shape index (κ3) is 3.17. The first-order chi connectivity index (χ1) is 10.7. The number of hydroxylamine groups is 2. The molecule has 0 aromatic heterocycles. The van der Waals surface area contributed by atoms with Gasteiger partial charge in [0.2, 0.25) is 0 Å². The van der Waals surface area contributed by atoms with Crippen LogP contribution in [0.15, 0.2) is 78.6 Å². The molecule has 22 heavy (non-hydrogen) atoms. The Morgan fingerprint density at radius 1 is 1.00 bits per heavy atom. The minimum Gasteiger partial charge on any atom is -0.397 e. The molecule has 110 valence electrons. The number of allylic oxidation sites excluding steroid dienone is 1. The van der Waals surface area contributed by atoms with Crippen LogP contribution in [0.2, 0.25) is 0 Å². The fraction of sp³-hybridized carbons (Fsp3) is 0.0556. The first kappa shape index (κ1) is 13.9. The lowest BCUT2D eigenvalue weighted by molar-refractivity contribution is 0.00252. The van der Waals surface area contributed by atoms with E-state index in [0.29, 0.717) is 29.1 Å². The van der Waals surface area contributed by atoms with Crippen LogP contribution in [0.4, 0.5) is 0 Å². The van der Waals surface area contributed by atoms with E-state index >= 15 is 0 Å². The molecule has 0 fully saturated rings. The van der Waals surface area contributed by atoms with E-state index in [-0.39, 0.29) is 5.78 Å². The van der Waals surface area contributed by atoms with Gasteiger partial charge in [-0.3, -0.25) is 4.79 Å². The summed E-state index contributed by atoms with van der Waals surface area (Å²) >= 11 is 0. The summed E-state index contributed by atoms with van der Waals surface area (Å²) < 4.78 is 0. The lowest BCUT2D eigenvalue weighted by atomic mass is 10.0. The zero-order valence-electron chi connectivity index (χ0n) is 12.0. The molecule has 0 amide bonds. The number of hydrogen-bond donors (Lipinski definition) is 1. The molecule has 0 radical (unpaired) electrons. The molecule has 0 unspecified atom stereocenters. The standard InChI is InChI=1S/C18H16N2O2/c19-16-7-4-12-20(13-16)22-17-10-8-15(9-11-17)18(21)14-5-2-1-3-6-14/h1-11,13H,12,19H2. The van der Waals surface area contributed by atoms with Gasteiger partial charge in [-0.15, -0.1) is 0 Å². The summed E-state index contributed by atoms with van der Waals surface area (Å²) in [6.45, 7) is 0.630. The summed E-state index contributed by atoms with van der Waals surface area (Å²) in [4.78, 5) is 18.0. The van der Waals surface area contributed by atoms with Gasteiger partial charge in [0.25, 0.3) is 0 Å². The molecule has 1 aliphatic rings. The predicted octanol–water partition coefficient (Wildman–Crippen LogP) is 2.88. The molecule has 4 heteroatoms. The third-order valence-corrected chi connectivity index (χ3v) is 3.26. The number of rotatable bonds is 4. The average molecular weight is 292 g/mol. The fourth-order valence-electron chi connectivity index (χ4n) is 2.18. The molecule has 0 saturated heterocycles. The van der Waals surface area contributed by atoms with E-state index in [0.717, 1.165) is 0 Å². The van der Waals surface area contributed by atoms with E-state index in [1.54, 1.807) is 47.7 Å². The second-order valence-electron chi connectivity index (χ2n) is 4.94. The number of carbonyl (C=O) groups is 1. The van der Waals surface area contributed by atoms with Crippen molar-refractivity contribution in [3.8, 4) is 5.75 Å². The van der Waals surface area contributed by atoms with Gasteiger partial charge in [0.15, 0.2) is 11.5 Å². The Balaban J connectivity index is 1.71. The van der Waals surface area contributed by atoms with Gasteiger partial charge >= 0.3 is 0 Å². The molecule has 1 aliphatic heterocycles. The normalized spacial score (nSPS) is 13.6. The van der Waals surface area contributed by atoms with E-state index in [2.05, 4.69) is 0 Å². The lowest BCUT2D eigenvalue weighted by Crippen LogP contribution is -2.25. The van der Waals surface area contributed by atoms with Gasteiger partial charge in [-0.05, 0) is 30.3 Å². The number of hydrogen-bond acceptors (Lipinski definition) is 4. The maximum absolute atomic E-state index is 12.3. The van der Waals surface area contributed by atoms with Gasteiger partial charge in [0.1, 0.15) is 0 Å². The number of benzene rings is 2. The summed E-state index contributed by atoms with van der Waals surface area (Å²) in [5.41, 5.74) is 7.66. The van der Waals surface area contributed by atoms with Crippen LogP contribution in [0.1, 0.15) is 15.9 Å². The number of carbonyl (C=O) groups excluding carboxylic acids is 1. The van der Waals surface area contributed by atoms with Gasteiger partial charge in [-0.25, -0.2) is 5.06 Å². The predicted molar refractivity (Wildman–Crippen MR) is 85.1 cm³/mol. The van der Waals surface area contributed by atoms with Crippen LogP contribution >= 0.6 is 0 Å². The van der Waals surface area contributed by atoms with Crippen LogP contribution in [0.25, 0.3) is 0 Å². The smallest absolute Gasteiger partial charge is 0.193 e. The van der Waals surface area contributed by atoms with E-state index < -0.39 is 0 Å². The molecule has 0 aliphatic carbocycles. The Morgan fingerprint density at radius 3 is 2.36 bits per heavy atom. The van der Waals surface area contributed by atoms with Crippen molar-refractivity contribution in [3.05, 3.63) is 89.8 Å². The highest BCUT2D eigenvalue weighted by molar-refractivity contribution is 6.08. The molecule has 3 rings (SSSR count). The van der Waals surface area contributed by atoms with E-state index in [1.807, 2.05) is 30.4 Å². The molecule has 2 aromatic rings. The molecule has 0 atom stereocenters. The van der Waals surface area contributed by atoms with Crippen molar-refractivity contribution in [3.63, 3.8) is 0 Å². The topological polar surface area (TPSA) is 55.6 Å². The van der Waals surface area contributed by atoms with Crippen molar-refractivity contribution in [2.75, 3.05) is 6.54 Å². The van der Waals surface area contributed by atoms with E-state index in [4.69, 9.17) is 10.6 Å². The van der Waals surface area contributed by atoms with Gasteiger partial charge in [-0.2, -0.15) is 0 Å². The van der Waals surface area contributed by atoms with Crippen LogP contribution in [0.5, 0.6) is 5.75 Å². The zero-order valence-corrected chi connectivity index (χ0v) is 12.0. The largest absolute Gasteiger partial charge is 0.397 e. The molecule has 0 saturated carbocycles. The van der Waals surface area contributed by atoms with Gasteiger partial charge in [-0.1, -0.05) is 36.4 Å². The maximum Gasteiger partial charge on any atom is 0.193 e. The Bertz CT molecular complexity index is 719. The van der Waals surface area contributed by atoms with Crippen molar-refractivity contribution >= 4 is 5.78 Å². The van der Waals surface area contributed by atoms with Crippen LogP contribution in [-0.4, -0.2) is 17.4 Å². The van der Waals surface area contributed by atoms with Gasteiger partial charge < -0.3 is 10.6 Å². The average Bonchev–Trinajstić information content (AvgIpc) is 2.56. The summed E-state index contributed by atoms with van der Waals surface area (Å²) in [5.74, 6) is 0.654. The zero-order chi connectivity index (χ0) is 15.4. The van der Waals surface area contributed by atoms with Gasteiger partial charge in [0, 0.05) is 11.1 Å². The molecular weight excluding hydrogens is 276 g/mol. The number of ketones is 1. The highest BCUT2D eigenvalue weighted by Crippen LogP contribution is 2.17. The van der Waals surface area contributed by atoms with Gasteiger partial charge in [0.05, 0.1) is 18.4 Å². The summed E-state index contributed by atoms with van der Waals surface area (Å²) in [5, 5.41) is 1.64. The highest BCUT2D eigenvalue weighted by Gasteiger charge is 2.10. The van der Waals surface area contributed by atoms with Crippen LogP contribution in [0, 0.1) is 0 Å². The third-order valence-electron chi connectivity index (χ3n) is 3.26. The minimum absolute atomic E-state index is 0.00260. The van der Waals surface area contributed by atoms with Crippen LogP contribution < -0.4 is 10.6 Å². The minimum atomic E-state index is -0.00260. The molecule has 0 spiro atoms. The quantitative estimate of drug-likeness (QED) is 0.880. The molecule has 4 nitrogen and oxygen atoms in total. The Labute approximate surface area is 129 Å². The summed E-state index contributed by atoms with van der Waals surface area (Å²) in [6.07, 6.45) is 5.48. The lowest BCUT2D eigenvalue weighted by Gasteiger charge is -2.21. The SMILES string of the molecule is NC1=CN(Oc2ccc(C(=O)c3ccccc3)cc2)CC=C1. The molecule has 2 N–H and O–H groups in total. The second kappa shape index (κ2) is 6.18. The molecule has 0 bridgehead atoms. The fourth-order valence-corrected chi connectivity index (χ4v) is 2.18. The molecule has 1 heterocycles. The van der Waals surface area contributed by atoms with Crippen LogP contribution in [0.3, 0.4) is 0 Å². The van der Waals surface area contributed by atoms with Crippen molar-refractivity contribution < 1.29 is 9.63 Å².